The second kappa shape index (κ2) is 6.32. The third kappa shape index (κ3) is 2.69. The Hall–Kier alpha value is -2.28. The van der Waals surface area contributed by atoms with Crippen molar-refractivity contribution in [2.24, 2.45) is 14.1 Å². The molecule has 0 bridgehead atoms. The number of hydrogen-bond donors (Lipinski definition) is 0. The second-order valence-corrected chi connectivity index (χ2v) is 6.73. The lowest BCUT2D eigenvalue weighted by atomic mass is 10.2. The zero-order valence-corrected chi connectivity index (χ0v) is 15.1. The minimum atomic E-state index is -0.330. The Morgan fingerprint density at radius 2 is 1.75 bits per heavy atom. The van der Waals surface area contributed by atoms with Gasteiger partial charge in [-0.15, -0.1) is 0 Å². The number of nitrogens with zero attached hydrogens (tertiary/aromatic N) is 4. The molecule has 0 N–H and O–H groups in total. The predicted octanol–water partition coefficient (Wildman–Crippen LogP) is 2.05. The molecule has 3 rings (SSSR count). The quantitative estimate of drug-likeness (QED) is 0.680. The van der Waals surface area contributed by atoms with Crippen LogP contribution in [0.2, 0.25) is 0 Å². The summed E-state index contributed by atoms with van der Waals surface area (Å²) in [6.45, 7) is 4.19. The van der Waals surface area contributed by atoms with E-state index in [0.717, 1.165) is 10.9 Å². The first-order chi connectivity index (χ1) is 11.4. The highest BCUT2D eigenvalue weighted by Gasteiger charge is 2.17. The standard InChI is InChI=1S/C17H20N4O2S/c1-5-21-15(22)13-14(20(4)17(21)23)18-16(19(13)3)24-10-12-8-6-11(2)7-9-12/h6-9H,5,10H2,1-4H3. The molecular weight excluding hydrogens is 324 g/mol. The maximum atomic E-state index is 12.6. The molecular formula is C17H20N4O2S. The zero-order valence-electron chi connectivity index (χ0n) is 14.2. The molecule has 24 heavy (non-hydrogen) atoms. The van der Waals surface area contributed by atoms with Gasteiger partial charge in [0, 0.05) is 26.4 Å². The maximum Gasteiger partial charge on any atom is 0.332 e. The number of rotatable bonds is 4. The Labute approximate surface area is 143 Å². The highest BCUT2D eigenvalue weighted by molar-refractivity contribution is 7.98. The van der Waals surface area contributed by atoms with Crippen LogP contribution in [0.4, 0.5) is 0 Å². The van der Waals surface area contributed by atoms with Crippen molar-refractivity contribution in [2.75, 3.05) is 0 Å². The summed E-state index contributed by atoms with van der Waals surface area (Å²) in [4.78, 5) is 29.3. The lowest BCUT2D eigenvalue weighted by Gasteiger charge is -2.06. The molecule has 0 aliphatic rings. The summed E-state index contributed by atoms with van der Waals surface area (Å²) in [7, 11) is 3.47. The molecule has 0 atom stereocenters. The molecule has 126 valence electrons. The van der Waals surface area contributed by atoms with Gasteiger partial charge >= 0.3 is 5.69 Å². The van der Waals surface area contributed by atoms with Gasteiger partial charge in [0.1, 0.15) is 0 Å². The Morgan fingerprint density at radius 3 is 2.38 bits per heavy atom. The van der Waals surface area contributed by atoms with E-state index in [-0.39, 0.29) is 11.2 Å². The summed E-state index contributed by atoms with van der Waals surface area (Å²) in [5, 5.41) is 0.728. The molecule has 0 spiro atoms. The van der Waals surface area contributed by atoms with E-state index < -0.39 is 0 Å². The molecule has 0 aliphatic carbocycles. The molecule has 0 amide bonds. The lowest BCUT2D eigenvalue weighted by Crippen LogP contribution is -2.39. The smallest absolute Gasteiger partial charge is 0.316 e. The average molecular weight is 344 g/mol. The van der Waals surface area contributed by atoms with E-state index >= 15 is 0 Å². The minimum absolute atomic E-state index is 0.284. The lowest BCUT2D eigenvalue weighted by molar-refractivity contribution is 0.635. The topological polar surface area (TPSA) is 61.8 Å². The van der Waals surface area contributed by atoms with Crippen LogP contribution in [0.15, 0.2) is 39.0 Å². The fourth-order valence-corrected chi connectivity index (χ4v) is 3.59. The molecule has 0 saturated heterocycles. The number of benzene rings is 1. The van der Waals surface area contributed by atoms with Crippen LogP contribution >= 0.6 is 11.8 Å². The fraction of sp³-hybridized carbons (Fsp3) is 0.353. The van der Waals surface area contributed by atoms with Crippen LogP contribution in [0.1, 0.15) is 18.1 Å². The molecule has 0 fully saturated rings. The van der Waals surface area contributed by atoms with Crippen molar-refractivity contribution in [3.8, 4) is 0 Å². The minimum Gasteiger partial charge on any atom is -0.316 e. The second-order valence-electron chi connectivity index (χ2n) is 5.79. The van der Waals surface area contributed by atoms with E-state index in [0.29, 0.717) is 17.7 Å². The third-order valence-electron chi connectivity index (χ3n) is 4.12. The zero-order chi connectivity index (χ0) is 17.4. The predicted molar refractivity (Wildman–Crippen MR) is 96.6 cm³/mol. The van der Waals surface area contributed by atoms with Gasteiger partial charge in [0.15, 0.2) is 16.3 Å². The Morgan fingerprint density at radius 1 is 1.08 bits per heavy atom. The summed E-state index contributed by atoms with van der Waals surface area (Å²) in [6, 6.07) is 8.33. The van der Waals surface area contributed by atoms with Crippen molar-refractivity contribution in [3.05, 3.63) is 56.2 Å². The summed E-state index contributed by atoms with van der Waals surface area (Å²) in [6.07, 6.45) is 0. The third-order valence-corrected chi connectivity index (χ3v) is 5.22. The first-order valence-electron chi connectivity index (χ1n) is 7.78. The molecule has 1 aromatic carbocycles. The van der Waals surface area contributed by atoms with Crippen LogP contribution < -0.4 is 11.2 Å². The summed E-state index contributed by atoms with van der Waals surface area (Å²) >= 11 is 1.56. The van der Waals surface area contributed by atoms with Crippen LogP contribution in [0.5, 0.6) is 0 Å². The monoisotopic (exact) mass is 344 g/mol. The van der Waals surface area contributed by atoms with E-state index in [2.05, 4.69) is 36.2 Å². The van der Waals surface area contributed by atoms with Crippen LogP contribution in [0.3, 0.4) is 0 Å². The van der Waals surface area contributed by atoms with Crippen molar-refractivity contribution in [2.45, 2.75) is 31.3 Å². The van der Waals surface area contributed by atoms with Gasteiger partial charge in [-0.2, -0.15) is 0 Å². The van der Waals surface area contributed by atoms with Gasteiger partial charge in [-0.25, -0.2) is 9.78 Å². The fourth-order valence-electron chi connectivity index (χ4n) is 2.66. The Balaban J connectivity index is 2.04. The Kier molecular flexibility index (Phi) is 4.36. The maximum absolute atomic E-state index is 12.6. The van der Waals surface area contributed by atoms with Crippen LogP contribution in [0, 0.1) is 6.92 Å². The number of imidazole rings is 1. The Bertz CT molecular complexity index is 1010. The van der Waals surface area contributed by atoms with Gasteiger partial charge in [0.25, 0.3) is 5.56 Å². The molecule has 0 unspecified atom stereocenters. The molecule has 2 aromatic heterocycles. The normalized spacial score (nSPS) is 11.3. The molecule has 0 saturated carbocycles. The number of hydrogen-bond acceptors (Lipinski definition) is 4. The van der Waals surface area contributed by atoms with Crippen molar-refractivity contribution in [1.82, 2.24) is 18.7 Å². The summed E-state index contributed by atoms with van der Waals surface area (Å²) in [5.41, 5.74) is 2.70. The van der Waals surface area contributed by atoms with E-state index in [1.54, 1.807) is 30.3 Å². The SMILES string of the molecule is CCn1c(=O)c2c(nc(SCc3ccc(C)cc3)n2C)n(C)c1=O. The first kappa shape index (κ1) is 16.6. The van der Waals surface area contributed by atoms with Crippen LogP contribution in [-0.4, -0.2) is 18.7 Å². The van der Waals surface area contributed by atoms with Crippen molar-refractivity contribution in [3.63, 3.8) is 0 Å². The number of fused-ring (bicyclic) bond motifs is 1. The molecule has 0 radical (unpaired) electrons. The molecule has 3 aromatic rings. The largest absolute Gasteiger partial charge is 0.332 e. The van der Waals surface area contributed by atoms with Crippen molar-refractivity contribution < 1.29 is 0 Å². The van der Waals surface area contributed by atoms with E-state index in [1.807, 2.05) is 7.05 Å². The van der Waals surface area contributed by atoms with Crippen molar-refractivity contribution >= 4 is 22.9 Å². The van der Waals surface area contributed by atoms with Gasteiger partial charge in [0.05, 0.1) is 0 Å². The van der Waals surface area contributed by atoms with Crippen molar-refractivity contribution in [1.29, 1.82) is 0 Å². The number of aryl methyl sites for hydroxylation is 3. The van der Waals surface area contributed by atoms with E-state index in [1.165, 1.54) is 20.3 Å². The average Bonchev–Trinajstić information content (AvgIpc) is 2.90. The molecule has 6 nitrogen and oxygen atoms in total. The van der Waals surface area contributed by atoms with Gasteiger partial charge in [0.2, 0.25) is 0 Å². The van der Waals surface area contributed by atoms with Gasteiger partial charge in [-0.1, -0.05) is 41.6 Å². The van der Waals surface area contributed by atoms with Gasteiger partial charge in [-0.3, -0.25) is 13.9 Å². The van der Waals surface area contributed by atoms with E-state index in [9.17, 15) is 9.59 Å². The highest BCUT2D eigenvalue weighted by Crippen LogP contribution is 2.24. The highest BCUT2D eigenvalue weighted by atomic mass is 32.2. The van der Waals surface area contributed by atoms with Gasteiger partial charge in [-0.05, 0) is 19.4 Å². The molecule has 7 heteroatoms. The first-order valence-corrected chi connectivity index (χ1v) is 8.77. The van der Waals surface area contributed by atoms with E-state index in [4.69, 9.17) is 0 Å². The van der Waals surface area contributed by atoms with Crippen LogP contribution in [-0.2, 0) is 26.4 Å². The number of aromatic nitrogens is 4. The summed E-state index contributed by atoms with van der Waals surface area (Å²) in [5.74, 6) is 0.757. The van der Waals surface area contributed by atoms with Crippen LogP contribution in [0.25, 0.3) is 11.2 Å². The summed E-state index contributed by atoms with van der Waals surface area (Å²) < 4.78 is 4.46. The molecule has 0 aliphatic heterocycles. The molecule has 2 heterocycles. The van der Waals surface area contributed by atoms with Gasteiger partial charge < -0.3 is 4.57 Å². The number of thioether (sulfide) groups is 1.